The molecular weight excluding hydrogens is 388 g/mol. The molecule has 1 heterocycles. The summed E-state index contributed by atoms with van der Waals surface area (Å²) in [6.45, 7) is 4.11. The van der Waals surface area contributed by atoms with Crippen LogP contribution in [0.1, 0.15) is 24.2 Å². The highest BCUT2D eigenvalue weighted by atomic mass is 35.5. The molecular formula is C18H19ClN4O3S. The molecule has 1 aromatic heterocycles. The minimum Gasteiger partial charge on any atom is -0.324 e. The number of halogens is 1. The van der Waals surface area contributed by atoms with Gasteiger partial charge in [0.25, 0.3) is 5.91 Å². The number of nitrogens with one attached hydrogen (secondary N) is 2. The van der Waals surface area contributed by atoms with Crippen molar-refractivity contribution in [3.63, 3.8) is 0 Å². The van der Waals surface area contributed by atoms with Gasteiger partial charge in [-0.25, -0.2) is 13.4 Å². The monoisotopic (exact) mass is 406 g/mol. The number of hydrogen-bond donors (Lipinski definition) is 2. The largest absolute Gasteiger partial charge is 0.324 e. The van der Waals surface area contributed by atoms with Crippen LogP contribution in [-0.4, -0.2) is 41.7 Å². The molecule has 0 unspecified atom stereocenters. The molecule has 9 heteroatoms. The molecule has 2 aromatic carbocycles. The van der Waals surface area contributed by atoms with E-state index < -0.39 is 15.9 Å². The maximum Gasteiger partial charge on any atom is 0.258 e. The van der Waals surface area contributed by atoms with Gasteiger partial charge >= 0.3 is 0 Å². The quantitative estimate of drug-likeness (QED) is 0.654. The van der Waals surface area contributed by atoms with Crippen molar-refractivity contribution in [2.45, 2.75) is 18.7 Å². The Labute approximate surface area is 162 Å². The van der Waals surface area contributed by atoms with E-state index in [0.29, 0.717) is 18.6 Å². The Balaban J connectivity index is 1.91. The number of nitrogens with zero attached hydrogens (tertiary/aromatic N) is 2. The van der Waals surface area contributed by atoms with Gasteiger partial charge in [-0.3, -0.25) is 10.1 Å². The first-order valence-corrected chi connectivity index (χ1v) is 10.2. The van der Waals surface area contributed by atoms with Gasteiger partial charge in [-0.15, -0.1) is 0 Å². The molecule has 0 radical (unpaired) electrons. The Kier molecular flexibility index (Phi) is 5.50. The Hall–Kier alpha value is -2.42. The van der Waals surface area contributed by atoms with Crippen molar-refractivity contribution < 1.29 is 13.2 Å². The Morgan fingerprint density at radius 2 is 1.89 bits per heavy atom. The van der Waals surface area contributed by atoms with Gasteiger partial charge in [0, 0.05) is 18.7 Å². The number of carbonyl (C=O) groups is 1. The average molecular weight is 407 g/mol. The first-order valence-electron chi connectivity index (χ1n) is 8.42. The van der Waals surface area contributed by atoms with Crippen LogP contribution in [0, 0.1) is 0 Å². The SMILES string of the molecule is CCN(CC)S(=O)(=O)c1cc(C(=O)Nc2nc3ccccc3[nH]2)ccc1Cl. The molecule has 0 fully saturated rings. The summed E-state index contributed by atoms with van der Waals surface area (Å²) >= 11 is 6.10. The number of rotatable bonds is 6. The summed E-state index contributed by atoms with van der Waals surface area (Å²) in [6, 6.07) is 11.5. The predicted octanol–water partition coefficient (Wildman–Crippen LogP) is 3.50. The van der Waals surface area contributed by atoms with E-state index in [1.54, 1.807) is 13.8 Å². The molecule has 142 valence electrons. The first kappa shape index (κ1) is 19.3. The number of para-hydroxylation sites is 2. The zero-order valence-electron chi connectivity index (χ0n) is 14.9. The second-order valence-electron chi connectivity index (χ2n) is 5.79. The number of sulfonamides is 1. The van der Waals surface area contributed by atoms with E-state index in [-0.39, 0.29) is 21.4 Å². The summed E-state index contributed by atoms with van der Waals surface area (Å²) in [7, 11) is -3.78. The minimum absolute atomic E-state index is 0.0715. The lowest BCUT2D eigenvalue weighted by Gasteiger charge is -2.19. The summed E-state index contributed by atoms with van der Waals surface area (Å²) in [5.41, 5.74) is 1.67. The number of H-pyrrole nitrogens is 1. The number of aromatic amines is 1. The topological polar surface area (TPSA) is 95.2 Å². The van der Waals surface area contributed by atoms with Gasteiger partial charge in [-0.2, -0.15) is 4.31 Å². The molecule has 2 N–H and O–H groups in total. The Morgan fingerprint density at radius 3 is 2.56 bits per heavy atom. The van der Waals surface area contributed by atoms with E-state index in [9.17, 15) is 13.2 Å². The van der Waals surface area contributed by atoms with Crippen LogP contribution < -0.4 is 5.32 Å². The molecule has 27 heavy (non-hydrogen) atoms. The third kappa shape index (κ3) is 3.83. The summed E-state index contributed by atoms with van der Waals surface area (Å²) in [6.07, 6.45) is 0. The molecule has 0 spiro atoms. The van der Waals surface area contributed by atoms with Crippen LogP contribution in [0.2, 0.25) is 5.02 Å². The molecule has 7 nitrogen and oxygen atoms in total. The van der Waals surface area contributed by atoms with E-state index >= 15 is 0 Å². The van der Waals surface area contributed by atoms with Crippen LogP contribution in [0.5, 0.6) is 0 Å². The summed E-state index contributed by atoms with van der Waals surface area (Å²) < 4.78 is 26.8. The molecule has 1 amide bonds. The van der Waals surface area contributed by atoms with Crippen molar-refractivity contribution in [2.24, 2.45) is 0 Å². The molecule has 0 aliphatic rings. The van der Waals surface area contributed by atoms with Gasteiger partial charge in [0.15, 0.2) is 0 Å². The van der Waals surface area contributed by atoms with Crippen LogP contribution in [0.15, 0.2) is 47.4 Å². The second-order valence-corrected chi connectivity index (χ2v) is 8.10. The number of amides is 1. The normalized spacial score (nSPS) is 11.9. The van der Waals surface area contributed by atoms with E-state index in [1.165, 1.54) is 22.5 Å². The van der Waals surface area contributed by atoms with Gasteiger partial charge in [-0.1, -0.05) is 37.6 Å². The van der Waals surface area contributed by atoms with E-state index in [4.69, 9.17) is 11.6 Å². The zero-order chi connectivity index (χ0) is 19.6. The Bertz CT molecular complexity index is 1060. The summed E-state index contributed by atoms with van der Waals surface area (Å²) in [5.74, 6) is -0.203. The highest BCUT2D eigenvalue weighted by molar-refractivity contribution is 7.89. The number of benzene rings is 2. The molecule has 3 aromatic rings. The van der Waals surface area contributed by atoms with Crippen LogP contribution in [0.25, 0.3) is 11.0 Å². The molecule has 0 saturated heterocycles. The maximum atomic E-state index is 12.8. The summed E-state index contributed by atoms with van der Waals surface area (Å²) in [4.78, 5) is 19.8. The molecule has 0 saturated carbocycles. The molecule has 0 aliphatic heterocycles. The predicted molar refractivity (Wildman–Crippen MR) is 106 cm³/mol. The van der Waals surface area contributed by atoms with Gasteiger partial charge < -0.3 is 4.98 Å². The van der Waals surface area contributed by atoms with E-state index in [0.717, 1.165) is 5.52 Å². The summed E-state index contributed by atoms with van der Waals surface area (Å²) in [5, 5.41) is 2.72. The van der Waals surface area contributed by atoms with Crippen LogP contribution in [0.4, 0.5) is 5.95 Å². The second kappa shape index (κ2) is 7.67. The van der Waals surface area contributed by atoms with Crippen molar-refractivity contribution in [3.8, 4) is 0 Å². The lowest BCUT2D eigenvalue weighted by molar-refractivity contribution is 0.102. The number of carbonyl (C=O) groups excluding carboxylic acids is 1. The molecule has 0 atom stereocenters. The molecule has 3 rings (SSSR count). The molecule has 0 bridgehead atoms. The molecule has 0 aliphatic carbocycles. The third-order valence-electron chi connectivity index (χ3n) is 4.14. The van der Waals surface area contributed by atoms with E-state index in [1.807, 2.05) is 24.3 Å². The third-order valence-corrected chi connectivity index (χ3v) is 6.67. The number of hydrogen-bond acceptors (Lipinski definition) is 4. The van der Waals surface area contributed by atoms with Gasteiger partial charge in [0.2, 0.25) is 16.0 Å². The average Bonchev–Trinajstić information content (AvgIpc) is 3.04. The van der Waals surface area contributed by atoms with E-state index in [2.05, 4.69) is 15.3 Å². The lowest BCUT2D eigenvalue weighted by atomic mass is 10.2. The van der Waals surface area contributed by atoms with Gasteiger partial charge in [0.1, 0.15) is 4.90 Å². The maximum absolute atomic E-state index is 12.8. The Morgan fingerprint density at radius 1 is 1.19 bits per heavy atom. The van der Waals surface area contributed by atoms with Crippen LogP contribution in [-0.2, 0) is 10.0 Å². The first-order chi connectivity index (χ1) is 12.9. The van der Waals surface area contributed by atoms with Crippen LogP contribution >= 0.6 is 11.6 Å². The van der Waals surface area contributed by atoms with Gasteiger partial charge in [0.05, 0.1) is 16.1 Å². The van der Waals surface area contributed by atoms with Crippen LogP contribution in [0.3, 0.4) is 0 Å². The highest BCUT2D eigenvalue weighted by Gasteiger charge is 2.25. The standard InChI is InChI=1S/C18H19ClN4O3S/c1-3-23(4-2)27(25,26)16-11-12(9-10-13(16)19)17(24)22-18-20-14-7-5-6-8-15(14)21-18/h5-11H,3-4H2,1-2H3,(H2,20,21,22,24). The van der Waals surface area contributed by atoms with Crippen molar-refractivity contribution in [1.29, 1.82) is 0 Å². The number of anilines is 1. The van der Waals surface area contributed by atoms with Gasteiger partial charge in [-0.05, 0) is 30.3 Å². The fourth-order valence-electron chi connectivity index (χ4n) is 2.74. The fraction of sp³-hybridized carbons (Fsp3) is 0.222. The number of fused-ring (bicyclic) bond motifs is 1. The highest BCUT2D eigenvalue weighted by Crippen LogP contribution is 2.26. The zero-order valence-corrected chi connectivity index (χ0v) is 16.4. The van der Waals surface area contributed by atoms with Crippen molar-refractivity contribution in [3.05, 3.63) is 53.1 Å². The van der Waals surface area contributed by atoms with Crippen molar-refractivity contribution >= 4 is 44.5 Å². The smallest absolute Gasteiger partial charge is 0.258 e. The van der Waals surface area contributed by atoms with Crippen molar-refractivity contribution in [1.82, 2.24) is 14.3 Å². The number of imidazole rings is 1. The number of aromatic nitrogens is 2. The fourth-order valence-corrected chi connectivity index (χ4v) is 4.70. The lowest BCUT2D eigenvalue weighted by Crippen LogP contribution is -2.31. The van der Waals surface area contributed by atoms with Crippen molar-refractivity contribution in [2.75, 3.05) is 18.4 Å². The minimum atomic E-state index is -3.78.